The van der Waals surface area contributed by atoms with E-state index in [1.54, 1.807) is 37.5 Å². The van der Waals surface area contributed by atoms with Gasteiger partial charge >= 0.3 is 6.18 Å². The smallest absolute Gasteiger partial charge is 0.171 e. The normalized spacial score (nSPS) is 17.8. The molecule has 0 aliphatic heterocycles. The van der Waals surface area contributed by atoms with E-state index in [-0.39, 0.29) is 43.8 Å². The van der Waals surface area contributed by atoms with E-state index in [2.05, 4.69) is 310 Å². The Morgan fingerprint density at radius 1 is 0.368 bits per heavy atom. The molecule has 2 aliphatic rings. The van der Waals surface area contributed by atoms with Crippen molar-refractivity contribution in [2.24, 2.45) is 66.0 Å². The highest BCUT2D eigenvalue weighted by Gasteiger charge is 2.49. The standard InChI is InChI=1S/C30H38.C19H32.C11H22.C10H20.C10H14.C9H17F3.C9H20.2C8H18/c1-28(2,3)23-17-13-21(14-18-23)25-11-10-12-26(27(25)30(7,8)9)22-15-19-24(20-16-22)29(4,5)6;1-12(2)15-10-16(13(3)4)18(19(7,8)9)17(11-15)14(5)6;1-10(2,3)11(4)8-6-5-7-9-11;1-9(2,3)10(4)7-5-6-8-10;1-10(2,3)9-7-5-4-6-8-9;1-7(2,3)6-8(4,5)9(10,11)12;1-8(2,3)7-9(4,5)6;1-7(2)6-8(3,4)5;1-6-7(2)8(3,4)5/h10-20H,1-9H3;10-14H,1-9H3;5-9H2,1-4H3;5-8H2,1-4H3;4-8H,1-3H3;6H2,1-5H3;7H2,1-6H3;2*7H,6H2,1-5H3/i;;;;;6D2;7D2;6D2;2D3,6D2,7D. The molecule has 117 heavy (non-hydrogen) atoms. The number of halogens is 3. The molecule has 5 aromatic carbocycles. The van der Waals surface area contributed by atoms with Crippen LogP contribution in [0.5, 0.6) is 0 Å². The lowest BCUT2D eigenvalue weighted by molar-refractivity contribution is -0.220. The summed E-state index contributed by atoms with van der Waals surface area (Å²) in [6.07, 6.45) is 1.93. The summed E-state index contributed by atoms with van der Waals surface area (Å²) in [5.41, 5.74) is 14.9. The Labute approximate surface area is 748 Å². The maximum absolute atomic E-state index is 12.6. The molecule has 1 unspecified atom stereocenters. The first-order valence-corrected chi connectivity index (χ1v) is 45.2. The molecule has 0 spiro atoms. The van der Waals surface area contributed by atoms with Crippen LogP contribution in [0.3, 0.4) is 0 Å². The zero-order chi connectivity index (χ0) is 103. The molecule has 0 heterocycles. The third-order valence-corrected chi connectivity index (χ3v) is 22.6. The molecule has 0 aromatic heterocycles. The van der Waals surface area contributed by atoms with E-state index in [4.69, 9.17) is 16.4 Å². The third-order valence-electron chi connectivity index (χ3n) is 22.6. The quantitative estimate of drug-likeness (QED) is 0.145. The van der Waals surface area contributed by atoms with E-state index < -0.39 is 60.7 Å². The molecule has 0 nitrogen and oxygen atoms in total. The Morgan fingerprint density at radius 3 is 0.846 bits per heavy atom. The van der Waals surface area contributed by atoms with E-state index in [0.717, 1.165) is 20.8 Å². The van der Waals surface area contributed by atoms with Crippen LogP contribution < -0.4 is 0 Å². The summed E-state index contributed by atoms with van der Waals surface area (Å²) in [4.78, 5) is 0. The second kappa shape index (κ2) is 45.5. The Hall–Kier alpha value is -4.11. The van der Waals surface area contributed by atoms with Gasteiger partial charge in [-0.05, 0) is 217 Å². The van der Waals surface area contributed by atoms with Gasteiger partial charge in [-0.25, -0.2) is 0 Å². The summed E-state index contributed by atoms with van der Waals surface area (Å²) >= 11 is 0. The van der Waals surface area contributed by atoms with Crippen molar-refractivity contribution in [2.75, 3.05) is 0 Å². The number of hydrogen-bond donors (Lipinski definition) is 0. The summed E-state index contributed by atoms with van der Waals surface area (Å²) < 4.78 is 129. The van der Waals surface area contributed by atoms with Gasteiger partial charge in [-0.15, -0.1) is 0 Å². The van der Waals surface area contributed by atoms with E-state index in [0.29, 0.717) is 44.8 Å². The highest BCUT2D eigenvalue weighted by atomic mass is 19.4. The van der Waals surface area contributed by atoms with Gasteiger partial charge in [-0.1, -0.05) is 494 Å². The van der Waals surface area contributed by atoms with E-state index in [1.807, 2.05) is 76.2 Å². The lowest BCUT2D eigenvalue weighted by atomic mass is 9.61. The van der Waals surface area contributed by atoms with Crippen LogP contribution in [-0.2, 0) is 27.1 Å². The maximum atomic E-state index is 12.6. The van der Waals surface area contributed by atoms with Crippen LogP contribution >= 0.6 is 0 Å². The first-order chi connectivity index (χ1) is 56.5. The highest BCUT2D eigenvalue weighted by molar-refractivity contribution is 5.80. The van der Waals surface area contributed by atoms with Crippen LogP contribution in [0.2, 0.25) is 0 Å². The molecule has 7 rings (SSSR count). The van der Waals surface area contributed by atoms with Gasteiger partial charge in [0.15, 0.2) is 0 Å². The van der Waals surface area contributed by atoms with Crippen molar-refractivity contribution in [1.82, 2.24) is 0 Å². The van der Waals surface area contributed by atoms with Gasteiger partial charge in [-0.3, -0.25) is 0 Å². The number of benzene rings is 5. The topological polar surface area (TPSA) is 0 Å². The predicted octanol–water partition coefficient (Wildman–Crippen LogP) is 39.5. The highest BCUT2D eigenvalue weighted by Crippen LogP contribution is 2.52. The first-order valence-electron chi connectivity index (χ1n) is 51.2. The fraction of sp³-hybridized carbons (Fsp3) is 0.737. The summed E-state index contributed by atoms with van der Waals surface area (Å²) in [7, 11) is 0. The lowest BCUT2D eigenvalue weighted by Crippen LogP contribution is -2.35. The third kappa shape index (κ3) is 44.2. The van der Waals surface area contributed by atoms with Crippen LogP contribution in [0.25, 0.3) is 22.3 Å². The Morgan fingerprint density at radius 2 is 0.675 bits per heavy atom. The fourth-order valence-electron chi connectivity index (χ4n) is 15.3. The van der Waals surface area contributed by atoms with Gasteiger partial charge in [0, 0.05) is 16.4 Å². The van der Waals surface area contributed by atoms with Gasteiger partial charge in [0.25, 0.3) is 0 Å². The minimum Gasteiger partial charge on any atom is -0.171 e. The van der Waals surface area contributed by atoms with Gasteiger partial charge in [0.1, 0.15) is 0 Å². The average molecular weight is 1640 g/mol. The average Bonchev–Trinajstić information content (AvgIpc) is 0.949. The Balaban J connectivity index is 0. The van der Waals surface area contributed by atoms with Crippen LogP contribution in [0.15, 0.2) is 109 Å². The minimum absolute atomic E-state index is 0.0390. The molecule has 5 aromatic rings. The molecule has 3 heteroatoms. The van der Waals surface area contributed by atoms with Crippen molar-refractivity contribution >= 4 is 0 Å². The van der Waals surface area contributed by atoms with Gasteiger partial charge in [-0.2, -0.15) is 13.2 Å². The van der Waals surface area contributed by atoms with Gasteiger partial charge in [0.05, 0.1) is 5.41 Å². The molecule has 0 saturated heterocycles. The molecular weight excluding hydrogens is 1430 g/mol. The zero-order valence-corrected chi connectivity index (χ0v) is 86.2. The largest absolute Gasteiger partial charge is 0.393 e. The van der Waals surface area contributed by atoms with Crippen LogP contribution in [0.4, 0.5) is 13.2 Å². The lowest BCUT2D eigenvalue weighted by Gasteiger charge is -2.45. The van der Waals surface area contributed by atoms with Gasteiger partial charge in [0.2, 0.25) is 0 Å². The van der Waals surface area contributed by atoms with Crippen LogP contribution in [0, 0.1) is 66.0 Å². The summed E-state index contributed by atoms with van der Waals surface area (Å²) in [6.45, 7) is 98.1. The van der Waals surface area contributed by atoms with Crippen molar-refractivity contribution in [3.8, 4) is 22.3 Å². The van der Waals surface area contributed by atoms with Crippen molar-refractivity contribution < 1.29 is 29.6 Å². The first kappa shape index (κ1) is 93.6. The Kier molecular flexibility index (Phi) is 36.4. The molecule has 0 bridgehead atoms. The summed E-state index contributed by atoms with van der Waals surface area (Å²) in [6, 6.07) is 40.5. The second-order valence-electron chi connectivity index (χ2n) is 49.0. The van der Waals surface area contributed by atoms with Crippen molar-refractivity contribution in [3.63, 3.8) is 0 Å². The SMILES string of the molecule is CC(C)(C)C1(C)CCCC1.CC(C)(C)C1(C)CCCCC1.CC(C)(C)c1ccc(-c2cccc(-c3ccc(C(C)(C)C)cc3)c2C(C)(C)C)cc1.CC(C)(C)c1ccccc1.CC(C)c1cc(C(C)C)c(C(C)(C)C)c(C(C)C)c1.[2H]C([2H])(C(C)(C)C)C(C)(C)C.[2H]C([2H])(C(C)(C)C)C(C)(C)C(F)(F)F.[2H]C([2H])(C(C)C)C(C)(C)C.[2H]C([2H])([2H])C([2H])(C([2H])([2H])C)C(C)(C)C. The van der Waals surface area contributed by atoms with E-state index >= 15 is 0 Å². The monoisotopic (exact) mass is 1640 g/mol. The van der Waals surface area contributed by atoms with Crippen LogP contribution in [0.1, 0.15) is 508 Å². The molecule has 2 fully saturated rings. The Bertz CT molecular complexity index is 3880. The molecule has 0 N–H and O–H groups in total. The molecular formula is C114H199F3. The number of rotatable bonds is 8. The number of hydrogen-bond acceptors (Lipinski definition) is 0. The maximum Gasteiger partial charge on any atom is 0.393 e. The van der Waals surface area contributed by atoms with E-state index in [9.17, 15) is 13.2 Å². The van der Waals surface area contributed by atoms with Gasteiger partial charge < -0.3 is 0 Å². The minimum atomic E-state index is -4.54. The molecule has 2 saturated carbocycles. The molecule has 676 valence electrons. The molecule has 0 amide bonds. The van der Waals surface area contributed by atoms with E-state index in [1.165, 1.54) is 129 Å². The van der Waals surface area contributed by atoms with Crippen molar-refractivity contribution in [2.45, 2.75) is 480 Å². The van der Waals surface area contributed by atoms with Crippen molar-refractivity contribution in [1.29, 1.82) is 0 Å². The molecule has 2 aliphatic carbocycles. The van der Waals surface area contributed by atoms with Crippen molar-refractivity contribution in [3.05, 3.63) is 154 Å². The molecule has 0 radical (unpaired) electrons. The zero-order valence-electron chi connectivity index (χ0n) is 98.2. The molecule has 1 atom stereocenters. The summed E-state index contributed by atoms with van der Waals surface area (Å²) in [5.74, 6) is -0.236. The number of alkyl halides is 3. The summed E-state index contributed by atoms with van der Waals surface area (Å²) in [5, 5.41) is 0. The second-order valence-corrected chi connectivity index (χ2v) is 49.0. The van der Waals surface area contributed by atoms with Crippen LogP contribution in [-0.4, -0.2) is 6.18 Å². The predicted molar refractivity (Wildman–Crippen MR) is 528 cm³/mol. The fourth-order valence-corrected chi connectivity index (χ4v) is 15.3.